The van der Waals surface area contributed by atoms with E-state index in [4.69, 9.17) is 17.9 Å². The SMILES string of the molecule is [C-]#[N+]/C(C#N)=C(/C(C#N)=C/C=C/C1=C(N2CCOCC2)C(=C/C=C/C(C#N)=C(/c2ccc(C(=O)O)cc2)C(C#N)[N+]#[C-])/CC1)c1ccc(C(=O)O)cc1. The van der Waals surface area contributed by atoms with Gasteiger partial charge in [-0.25, -0.2) is 26.3 Å². The van der Waals surface area contributed by atoms with Crippen molar-refractivity contribution in [3.8, 4) is 24.3 Å². The third-order valence-corrected chi connectivity index (χ3v) is 8.36. The van der Waals surface area contributed by atoms with Gasteiger partial charge in [0.2, 0.25) is 0 Å². The Bertz CT molecular complexity index is 2250. The van der Waals surface area contributed by atoms with E-state index in [2.05, 4.69) is 26.7 Å². The Morgan fingerprint density at radius 2 is 1.43 bits per heavy atom. The fraction of sp³-hybridized carbons (Fsp3) is 0.171. The molecule has 1 atom stereocenters. The van der Waals surface area contributed by atoms with Crippen molar-refractivity contribution in [1.29, 1.82) is 21.0 Å². The van der Waals surface area contributed by atoms with E-state index in [1.54, 1.807) is 12.2 Å². The van der Waals surface area contributed by atoms with Crippen molar-refractivity contribution >= 4 is 23.1 Å². The van der Waals surface area contributed by atoms with Crippen LogP contribution in [0.25, 0.3) is 20.8 Å². The van der Waals surface area contributed by atoms with Crippen LogP contribution >= 0.6 is 0 Å². The van der Waals surface area contributed by atoms with Gasteiger partial charge in [-0.15, -0.1) is 0 Å². The second-order valence-corrected chi connectivity index (χ2v) is 11.4. The fourth-order valence-electron chi connectivity index (χ4n) is 5.86. The number of hydrogen-bond donors (Lipinski definition) is 2. The molecular formula is C41H29N7O5. The molecule has 2 aromatic carbocycles. The molecule has 1 aliphatic carbocycles. The number of carbonyl (C=O) groups is 2. The second kappa shape index (κ2) is 18.3. The van der Waals surface area contributed by atoms with Crippen molar-refractivity contribution < 1.29 is 24.5 Å². The molecule has 4 rings (SSSR count). The summed E-state index contributed by atoms with van der Waals surface area (Å²) in [6.45, 7) is 17.3. The summed E-state index contributed by atoms with van der Waals surface area (Å²) < 4.78 is 5.57. The van der Waals surface area contributed by atoms with Gasteiger partial charge in [0.25, 0.3) is 5.70 Å². The first-order chi connectivity index (χ1) is 25.7. The van der Waals surface area contributed by atoms with Crippen LogP contribution in [0.3, 0.4) is 0 Å². The minimum atomic E-state index is -1.30. The van der Waals surface area contributed by atoms with E-state index in [1.165, 1.54) is 60.7 Å². The number of morpholine rings is 1. The predicted molar refractivity (Wildman–Crippen MR) is 193 cm³/mol. The van der Waals surface area contributed by atoms with E-state index in [9.17, 15) is 40.8 Å². The third-order valence-electron chi connectivity index (χ3n) is 8.36. The second-order valence-electron chi connectivity index (χ2n) is 11.4. The fourth-order valence-corrected chi connectivity index (χ4v) is 5.86. The van der Waals surface area contributed by atoms with Crippen LogP contribution in [0.2, 0.25) is 0 Å². The Morgan fingerprint density at radius 3 is 1.94 bits per heavy atom. The van der Waals surface area contributed by atoms with Crippen molar-refractivity contribution in [2.24, 2.45) is 0 Å². The summed E-state index contributed by atoms with van der Waals surface area (Å²) >= 11 is 0. The van der Waals surface area contributed by atoms with Gasteiger partial charge in [-0.05, 0) is 71.5 Å². The maximum atomic E-state index is 11.4. The molecule has 12 heteroatoms. The summed E-state index contributed by atoms with van der Waals surface area (Å²) in [5.74, 6) is -2.27. The standard InChI is InChI=1S/C41H29N7O5/c1-46-35(25-44)37(27-9-15-31(16-10-27)40(49)50)33(23-42)7-3-5-29-13-14-30(39(29)48-19-21-53-22-20-48)6-4-8-34(24-43)38(36(26-45)47-2)28-11-17-32(18-12-28)41(51)52/h3-12,15-18,35H,13-14,19-22H2,(H,49,50)(H,51,52)/b6-4+,7-3+,29-5+,34-8+,37-33+,38-36+. The number of aromatic carboxylic acids is 2. The quantitative estimate of drug-likeness (QED) is 0.142. The van der Waals surface area contributed by atoms with E-state index >= 15 is 0 Å². The first-order valence-electron chi connectivity index (χ1n) is 16.0. The summed E-state index contributed by atoms with van der Waals surface area (Å²) in [4.78, 5) is 31.6. The number of ether oxygens (including phenoxy) is 1. The molecular weight excluding hydrogens is 670 g/mol. The number of hydrogen-bond acceptors (Lipinski definition) is 8. The van der Waals surface area contributed by atoms with E-state index in [0.717, 1.165) is 16.8 Å². The number of carboxylic acids is 2. The molecule has 1 fully saturated rings. The van der Waals surface area contributed by atoms with Crippen LogP contribution in [0.15, 0.2) is 119 Å². The highest BCUT2D eigenvalue weighted by molar-refractivity contribution is 5.91. The van der Waals surface area contributed by atoms with Crippen molar-refractivity contribution in [3.63, 3.8) is 0 Å². The Kier molecular flexibility index (Phi) is 13.2. The summed E-state index contributed by atoms with van der Waals surface area (Å²) in [6, 6.07) is 17.8. The first kappa shape index (κ1) is 38.1. The third kappa shape index (κ3) is 9.09. The van der Waals surface area contributed by atoms with E-state index in [0.29, 0.717) is 50.3 Å². The topological polar surface area (TPSA) is 191 Å². The number of nitrogens with zero attached hydrogens (tertiary/aromatic N) is 7. The molecule has 12 nitrogen and oxygen atoms in total. The molecule has 0 bridgehead atoms. The lowest BCUT2D eigenvalue weighted by atomic mass is 9.93. The molecule has 1 aliphatic heterocycles. The maximum Gasteiger partial charge on any atom is 0.335 e. The van der Waals surface area contributed by atoms with Crippen LogP contribution in [0.5, 0.6) is 0 Å². The zero-order valence-corrected chi connectivity index (χ0v) is 28.2. The van der Waals surface area contributed by atoms with Crippen molar-refractivity contribution in [2.45, 2.75) is 18.9 Å². The molecule has 0 amide bonds. The highest BCUT2D eigenvalue weighted by atomic mass is 16.5. The normalized spacial score (nSPS) is 16.8. The minimum absolute atomic E-state index is 0.0154. The van der Waals surface area contributed by atoms with Crippen LogP contribution in [0.1, 0.15) is 44.7 Å². The van der Waals surface area contributed by atoms with Gasteiger partial charge in [0, 0.05) is 24.4 Å². The summed E-state index contributed by atoms with van der Waals surface area (Å²) in [5, 5.41) is 58.1. The highest BCUT2D eigenvalue weighted by Crippen LogP contribution is 2.36. The molecule has 0 saturated carbocycles. The Hall–Kier alpha value is -7.74. The summed E-state index contributed by atoms with van der Waals surface area (Å²) in [5.41, 5.74) is 3.68. The van der Waals surface area contributed by atoms with Gasteiger partial charge in [-0.1, -0.05) is 48.6 Å². The van der Waals surface area contributed by atoms with Gasteiger partial charge in [-0.2, -0.15) is 15.8 Å². The van der Waals surface area contributed by atoms with Crippen LogP contribution in [0.4, 0.5) is 0 Å². The smallest absolute Gasteiger partial charge is 0.335 e. The molecule has 2 N–H and O–H groups in total. The summed E-state index contributed by atoms with van der Waals surface area (Å²) in [7, 11) is 0. The molecule has 0 aromatic heterocycles. The molecule has 0 radical (unpaired) electrons. The monoisotopic (exact) mass is 699 g/mol. The van der Waals surface area contributed by atoms with Gasteiger partial charge in [0.05, 0.1) is 65.8 Å². The zero-order chi connectivity index (χ0) is 38.3. The van der Waals surface area contributed by atoms with Crippen LogP contribution in [-0.2, 0) is 4.74 Å². The number of rotatable bonds is 11. The molecule has 258 valence electrons. The van der Waals surface area contributed by atoms with Gasteiger partial charge in [0.15, 0.2) is 6.07 Å². The highest BCUT2D eigenvalue weighted by Gasteiger charge is 2.26. The molecule has 1 unspecified atom stereocenters. The lowest BCUT2D eigenvalue weighted by Gasteiger charge is -2.31. The lowest BCUT2D eigenvalue weighted by Crippen LogP contribution is -2.36. The number of benzene rings is 2. The Morgan fingerprint density at radius 1 is 0.830 bits per heavy atom. The largest absolute Gasteiger partial charge is 0.478 e. The predicted octanol–water partition coefficient (Wildman–Crippen LogP) is 6.89. The molecule has 2 aromatic rings. The average molecular weight is 700 g/mol. The first-order valence-corrected chi connectivity index (χ1v) is 16.0. The number of nitriles is 4. The lowest BCUT2D eigenvalue weighted by molar-refractivity contribution is 0.0547. The molecule has 53 heavy (non-hydrogen) atoms. The van der Waals surface area contributed by atoms with Crippen LogP contribution < -0.4 is 0 Å². The molecule has 1 saturated heterocycles. The zero-order valence-electron chi connectivity index (χ0n) is 28.2. The van der Waals surface area contributed by atoms with Crippen molar-refractivity contribution in [3.05, 3.63) is 164 Å². The maximum absolute atomic E-state index is 11.4. The molecule has 1 heterocycles. The van der Waals surface area contributed by atoms with E-state index in [-0.39, 0.29) is 39.1 Å². The van der Waals surface area contributed by atoms with Crippen molar-refractivity contribution in [2.75, 3.05) is 26.3 Å². The summed E-state index contributed by atoms with van der Waals surface area (Å²) in [6.07, 6.45) is 11.4. The van der Waals surface area contributed by atoms with Crippen molar-refractivity contribution in [1.82, 2.24) is 4.90 Å². The Labute approximate surface area is 306 Å². The van der Waals surface area contributed by atoms with Crippen LogP contribution in [0, 0.1) is 58.5 Å². The van der Waals surface area contributed by atoms with Crippen LogP contribution in [-0.4, -0.2) is 59.4 Å². The van der Waals surface area contributed by atoms with Gasteiger partial charge in [0.1, 0.15) is 0 Å². The van der Waals surface area contributed by atoms with Gasteiger partial charge >= 0.3 is 18.0 Å². The number of carboxylic acid groups (broad SMARTS) is 2. The van der Waals surface area contributed by atoms with E-state index < -0.39 is 18.0 Å². The van der Waals surface area contributed by atoms with Gasteiger partial charge in [-0.3, -0.25) is 4.85 Å². The number of allylic oxidation sites excluding steroid dienone is 12. The van der Waals surface area contributed by atoms with Gasteiger partial charge < -0.3 is 19.8 Å². The average Bonchev–Trinajstić information content (AvgIpc) is 3.59. The minimum Gasteiger partial charge on any atom is -0.478 e. The Balaban J connectivity index is 1.76. The molecule has 0 spiro atoms. The van der Waals surface area contributed by atoms with E-state index in [1.807, 2.05) is 24.3 Å². The molecule has 2 aliphatic rings.